The predicted octanol–water partition coefficient (Wildman–Crippen LogP) is 5.74. The molecule has 3 N–H and O–H groups in total. The number of aromatic nitrogens is 2. The number of nitrogens with zero attached hydrogens (tertiary/aromatic N) is 3. The third-order valence-corrected chi connectivity index (χ3v) is 14.6. The second kappa shape index (κ2) is 16.3. The number of rotatable bonds is 7. The van der Waals surface area contributed by atoms with Crippen LogP contribution in [0.4, 0.5) is 22.4 Å². The Morgan fingerprint density at radius 3 is 2.25 bits per heavy atom. The lowest BCUT2D eigenvalue weighted by Gasteiger charge is -2.36. The second-order valence-corrected chi connectivity index (χ2v) is 21.1. The molecule has 1 saturated heterocycles. The minimum Gasteiger partial charge on any atom is -0.497 e. The van der Waals surface area contributed by atoms with Crippen LogP contribution in [0.5, 0.6) is 11.6 Å². The van der Waals surface area contributed by atoms with Gasteiger partial charge in [0.1, 0.15) is 35.1 Å². The molecule has 1 aromatic carbocycles. The number of cyclic esters (lactones) is 1. The van der Waals surface area contributed by atoms with Crippen molar-refractivity contribution >= 4 is 44.9 Å². The third-order valence-electron chi connectivity index (χ3n) is 12.5. The van der Waals surface area contributed by atoms with Crippen LogP contribution in [0.15, 0.2) is 18.2 Å². The SMILES string of the molecule is COc1ccc2nc3c(nc2c1)O[C@H]1CN(C(=O)[C@H](C(C)(C)C)NC(=O)OC(C)(C)CCCCCCC3(F)F)[C@H](C(=O)N[C@]2(C(=O)NS(=O)(=O)C3(C)CC3)C[C@H]2C(F)F)[C@@H]1C. The number of alkyl halides is 4. The van der Waals surface area contributed by atoms with Crippen molar-refractivity contribution in [3.8, 4) is 11.6 Å². The lowest BCUT2D eigenvalue weighted by molar-refractivity contribution is -0.143. The first kappa shape index (κ1) is 46.0. The van der Waals surface area contributed by atoms with Crippen molar-refractivity contribution in [2.75, 3.05) is 13.7 Å². The summed E-state index contributed by atoms with van der Waals surface area (Å²) in [5.41, 5.74) is -4.92. The summed E-state index contributed by atoms with van der Waals surface area (Å²) in [6, 6.07) is 1.50. The zero-order valence-electron chi connectivity index (χ0n) is 35.7. The van der Waals surface area contributed by atoms with Gasteiger partial charge in [-0.3, -0.25) is 19.1 Å². The number of nitrogens with one attached hydrogen (secondary N) is 3. The molecule has 3 fully saturated rings. The Morgan fingerprint density at radius 1 is 1.00 bits per heavy atom. The van der Waals surface area contributed by atoms with Gasteiger partial charge in [0, 0.05) is 18.4 Å². The summed E-state index contributed by atoms with van der Waals surface area (Å²) in [4.78, 5) is 66.3. The smallest absolute Gasteiger partial charge is 0.408 e. The highest BCUT2D eigenvalue weighted by Gasteiger charge is 2.67. The first-order chi connectivity index (χ1) is 28.2. The fraction of sp³-hybridized carbons (Fsp3) is 0.707. The number of halogens is 4. The van der Waals surface area contributed by atoms with E-state index in [9.17, 15) is 36.4 Å². The molecule has 20 heteroatoms. The van der Waals surface area contributed by atoms with Crippen molar-refractivity contribution in [3.63, 3.8) is 0 Å². The number of fused-ring (bicyclic) bond motifs is 4. The van der Waals surface area contributed by atoms with E-state index in [1.807, 2.05) is 4.72 Å². The van der Waals surface area contributed by atoms with Gasteiger partial charge < -0.3 is 29.7 Å². The summed E-state index contributed by atoms with van der Waals surface area (Å²) in [5.74, 6) is -9.94. The quantitative estimate of drug-likeness (QED) is 0.287. The van der Waals surface area contributed by atoms with Gasteiger partial charge in [-0.05, 0) is 76.8 Å². The topological polar surface area (TPSA) is 195 Å². The van der Waals surface area contributed by atoms with E-state index in [1.165, 1.54) is 33.1 Å². The largest absolute Gasteiger partial charge is 0.497 e. The average molecular weight is 885 g/mol. The number of hydrogen-bond donors (Lipinski definition) is 3. The molecule has 1 aromatic heterocycles. The monoisotopic (exact) mass is 884 g/mol. The van der Waals surface area contributed by atoms with E-state index >= 15 is 8.78 Å². The zero-order chi connectivity index (χ0) is 45.1. The molecule has 15 nitrogen and oxygen atoms in total. The number of benzene rings is 1. The van der Waals surface area contributed by atoms with Crippen molar-refractivity contribution in [1.82, 2.24) is 30.2 Å². The van der Waals surface area contributed by atoms with Crippen molar-refractivity contribution in [1.29, 1.82) is 0 Å². The Kier molecular flexibility index (Phi) is 12.3. The van der Waals surface area contributed by atoms with Crippen LogP contribution in [0.2, 0.25) is 0 Å². The van der Waals surface area contributed by atoms with Crippen molar-refractivity contribution in [3.05, 3.63) is 23.9 Å². The van der Waals surface area contributed by atoms with Gasteiger partial charge in [0.05, 0.1) is 35.4 Å². The van der Waals surface area contributed by atoms with Gasteiger partial charge in [0.2, 0.25) is 34.1 Å². The number of methoxy groups -OCH3 is 1. The van der Waals surface area contributed by atoms with E-state index in [-0.39, 0.29) is 30.3 Å². The highest BCUT2D eigenvalue weighted by Crippen LogP contribution is 2.50. The number of sulfonamides is 1. The summed E-state index contributed by atoms with van der Waals surface area (Å²) >= 11 is 0. The van der Waals surface area contributed by atoms with Crippen LogP contribution in [0.1, 0.15) is 112 Å². The van der Waals surface area contributed by atoms with Gasteiger partial charge >= 0.3 is 6.09 Å². The van der Waals surface area contributed by atoms with Crippen LogP contribution >= 0.6 is 0 Å². The maximum absolute atomic E-state index is 16.3. The van der Waals surface area contributed by atoms with Gasteiger partial charge in [-0.15, -0.1) is 0 Å². The fourth-order valence-corrected chi connectivity index (χ4v) is 9.40. The maximum Gasteiger partial charge on any atom is 0.408 e. The Labute approximate surface area is 352 Å². The minimum atomic E-state index is -4.32. The first-order valence-electron chi connectivity index (χ1n) is 20.6. The van der Waals surface area contributed by atoms with Crippen LogP contribution in [0.25, 0.3) is 11.0 Å². The number of hydrogen-bond acceptors (Lipinski definition) is 11. The Bertz CT molecular complexity index is 2170. The highest BCUT2D eigenvalue weighted by molar-refractivity contribution is 7.91. The van der Waals surface area contributed by atoms with Crippen LogP contribution in [-0.4, -0.2) is 101 Å². The van der Waals surface area contributed by atoms with E-state index in [4.69, 9.17) is 14.2 Å². The van der Waals surface area contributed by atoms with Crippen LogP contribution < -0.4 is 24.8 Å². The summed E-state index contributed by atoms with van der Waals surface area (Å²) in [7, 11) is -2.90. The summed E-state index contributed by atoms with van der Waals surface area (Å²) in [6.45, 7) is 10.8. The fourth-order valence-electron chi connectivity index (χ4n) is 8.08. The van der Waals surface area contributed by atoms with Crippen molar-refractivity contribution in [2.45, 2.75) is 153 Å². The number of carbonyl (C=O) groups is 4. The summed E-state index contributed by atoms with van der Waals surface area (Å²) in [5, 5.41) is 5.02. The highest BCUT2D eigenvalue weighted by atomic mass is 32.2. The third kappa shape index (κ3) is 9.48. The molecule has 3 heterocycles. The summed E-state index contributed by atoms with van der Waals surface area (Å²) in [6.07, 6.45) is -4.08. The van der Waals surface area contributed by atoms with Crippen molar-refractivity contribution in [2.24, 2.45) is 17.3 Å². The van der Waals surface area contributed by atoms with E-state index < -0.39 is 128 Å². The van der Waals surface area contributed by atoms with Crippen LogP contribution in [-0.2, 0) is 35.1 Å². The molecular formula is C41H56F4N6O9S. The van der Waals surface area contributed by atoms with Gasteiger partial charge in [-0.2, -0.15) is 8.78 Å². The molecule has 6 rings (SSSR count). The molecule has 338 valence electrons. The first-order valence-corrected chi connectivity index (χ1v) is 22.1. The molecule has 2 aliphatic carbocycles. The van der Waals surface area contributed by atoms with Crippen molar-refractivity contribution < 1.29 is 59.4 Å². The number of carbonyl (C=O) groups excluding carboxylic acids is 4. The standard InChI is InChI=1S/C41H56F4N6O9S/c1-22-27-21-51(28(22)32(52)49-40(20-24(40)31(42)43)35(54)50-61(56,57)39(7)17-18-39)34(53)30(37(2,3)4)48-36(55)60-38(5,6)15-11-9-10-12-16-41(44,45)29-33(59-27)47-26-19-23(58-8)13-14-25(26)46-29/h13-14,19,22,24,27-28,30-31H,9-12,15-18,20-21H2,1-8H3,(H,48,55)(H,49,52)(H,50,54)/t22-,24+,27+,28+,30-,40-/m1/s1. The minimum absolute atomic E-state index is 0.101. The normalized spacial score (nSPS) is 29.1. The molecule has 4 amide bonds. The number of amides is 4. The Hall–Kier alpha value is -4.49. The van der Waals surface area contributed by atoms with E-state index in [0.717, 1.165) is 4.90 Å². The molecule has 61 heavy (non-hydrogen) atoms. The molecule has 0 radical (unpaired) electrons. The zero-order valence-corrected chi connectivity index (χ0v) is 36.5. The predicted molar refractivity (Wildman–Crippen MR) is 213 cm³/mol. The molecule has 2 aliphatic heterocycles. The van der Waals surface area contributed by atoms with Crippen LogP contribution in [0, 0.1) is 17.3 Å². The van der Waals surface area contributed by atoms with Gasteiger partial charge in [0.25, 0.3) is 11.8 Å². The molecular weight excluding hydrogens is 829 g/mol. The lowest BCUT2D eigenvalue weighted by atomic mass is 9.85. The molecule has 6 atom stereocenters. The average Bonchev–Trinajstić information content (AvgIpc) is 4.07. The Morgan fingerprint density at radius 2 is 1.66 bits per heavy atom. The van der Waals surface area contributed by atoms with Crippen LogP contribution in [0.3, 0.4) is 0 Å². The molecule has 2 aromatic rings. The lowest BCUT2D eigenvalue weighted by Crippen LogP contribution is -2.61. The molecule has 0 spiro atoms. The second-order valence-electron chi connectivity index (χ2n) is 18.9. The summed E-state index contributed by atoms with van der Waals surface area (Å²) < 4.78 is 105. The molecule has 0 unspecified atom stereocenters. The maximum atomic E-state index is 16.3. The molecule has 2 bridgehead atoms. The molecule has 2 saturated carbocycles. The number of ether oxygens (including phenoxy) is 3. The van der Waals surface area contributed by atoms with Gasteiger partial charge in [-0.1, -0.05) is 40.5 Å². The van der Waals surface area contributed by atoms with Gasteiger partial charge in [-0.25, -0.2) is 32.0 Å². The van der Waals surface area contributed by atoms with E-state index in [2.05, 4.69) is 20.6 Å². The number of alkyl carbamates (subject to hydrolysis) is 1. The Balaban J connectivity index is 1.43. The molecule has 4 aliphatic rings. The van der Waals surface area contributed by atoms with E-state index in [1.54, 1.807) is 40.7 Å². The van der Waals surface area contributed by atoms with E-state index in [0.29, 0.717) is 31.4 Å². The van der Waals surface area contributed by atoms with Gasteiger partial charge in [0.15, 0.2) is 5.69 Å².